The van der Waals surface area contributed by atoms with E-state index in [0.717, 1.165) is 23.1 Å². The lowest BCUT2D eigenvalue weighted by atomic mass is 10.1. The lowest BCUT2D eigenvalue weighted by Crippen LogP contribution is -2.28. The average Bonchev–Trinajstić information content (AvgIpc) is 3.26. The summed E-state index contributed by atoms with van der Waals surface area (Å²) in [5, 5.41) is 19.3. The fourth-order valence-corrected chi connectivity index (χ4v) is 3.59. The van der Waals surface area contributed by atoms with Gasteiger partial charge in [0.05, 0.1) is 17.5 Å². The third kappa shape index (κ3) is 5.14. The van der Waals surface area contributed by atoms with Crippen molar-refractivity contribution in [2.24, 2.45) is 11.6 Å². The SMILES string of the molecule is CC(C)Nc1cc(-n2ncc3cc(C#N)cnc32)ncc1/C(N)=C/N(N)CCc1ccccc1. The molecule has 0 aliphatic carbocycles. The van der Waals surface area contributed by atoms with Crippen LogP contribution in [0.4, 0.5) is 5.69 Å². The highest BCUT2D eigenvalue weighted by Crippen LogP contribution is 2.25. The van der Waals surface area contributed by atoms with Crippen LogP contribution in [-0.4, -0.2) is 37.3 Å². The third-order valence-corrected chi connectivity index (χ3v) is 5.21. The van der Waals surface area contributed by atoms with Crippen molar-refractivity contribution >= 4 is 22.4 Å². The number of rotatable bonds is 8. The quantitative estimate of drug-likeness (QED) is 0.273. The Kier molecular flexibility index (Phi) is 6.71. The Morgan fingerprint density at radius 3 is 2.71 bits per heavy atom. The fourth-order valence-electron chi connectivity index (χ4n) is 3.59. The largest absolute Gasteiger partial charge is 0.397 e. The van der Waals surface area contributed by atoms with Crippen molar-refractivity contribution in [1.29, 1.82) is 5.26 Å². The highest BCUT2D eigenvalue weighted by Gasteiger charge is 2.14. The van der Waals surface area contributed by atoms with Crippen molar-refractivity contribution in [3.63, 3.8) is 0 Å². The number of fused-ring (bicyclic) bond motifs is 1. The van der Waals surface area contributed by atoms with Gasteiger partial charge in [-0.2, -0.15) is 15.0 Å². The van der Waals surface area contributed by atoms with E-state index in [9.17, 15) is 0 Å². The molecule has 0 saturated heterocycles. The zero-order valence-electron chi connectivity index (χ0n) is 19.2. The van der Waals surface area contributed by atoms with Gasteiger partial charge in [0.15, 0.2) is 11.5 Å². The topological polar surface area (TPSA) is 135 Å². The summed E-state index contributed by atoms with van der Waals surface area (Å²) in [5.74, 6) is 6.78. The summed E-state index contributed by atoms with van der Waals surface area (Å²) in [6.07, 6.45) is 7.42. The molecule has 9 nitrogen and oxygen atoms in total. The van der Waals surface area contributed by atoms with Crippen LogP contribution in [0.5, 0.6) is 0 Å². The summed E-state index contributed by atoms with van der Waals surface area (Å²) in [5.41, 5.74) is 10.8. The number of hydrogen-bond acceptors (Lipinski definition) is 8. The van der Waals surface area contributed by atoms with Gasteiger partial charge in [-0.1, -0.05) is 30.3 Å². The molecule has 0 unspecified atom stereocenters. The monoisotopic (exact) mass is 453 g/mol. The Labute approximate surface area is 198 Å². The van der Waals surface area contributed by atoms with E-state index in [0.29, 0.717) is 29.3 Å². The molecule has 0 aliphatic heterocycles. The number of hydrazine groups is 1. The van der Waals surface area contributed by atoms with E-state index in [-0.39, 0.29) is 6.04 Å². The van der Waals surface area contributed by atoms with Gasteiger partial charge >= 0.3 is 0 Å². The molecule has 9 heteroatoms. The zero-order valence-corrected chi connectivity index (χ0v) is 19.2. The van der Waals surface area contributed by atoms with Crippen LogP contribution in [0.15, 0.2) is 67.3 Å². The first kappa shape index (κ1) is 22.8. The molecule has 3 aromatic heterocycles. The molecule has 4 aromatic rings. The van der Waals surface area contributed by atoms with Gasteiger partial charge in [-0.3, -0.25) is 0 Å². The molecule has 1 aromatic carbocycles. The first-order valence-corrected chi connectivity index (χ1v) is 11.0. The maximum Gasteiger partial charge on any atom is 0.164 e. The Morgan fingerprint density at radius 1 is 1.18 bits per heavy atom. The van der Waals surface area contributed by atoms with Crippen LogP contribution in [0.3, 0.4) is 0 Å². The van der Waals surface area contributed by atoms with Crippen LogP contribution in [-0.2, 0) is 6.42 Å². The number of nitriles is 1. The minimum atomic E-state index is 0.166. The van der Waals surface area contributed by atoms with Crippen molar-refractivity contribution in [3.05, 3.63) is 83.9 Å². The van der Waals surface area contributed by atoms with Gasteiger partial charge in [0.25, 0.3) is 0 Å². The first-order valence-electron chi connectivity index (χ1n) is 11.0. The fraction of sp³-hybridized carbons (Fsp3) is 0.200. The van der Waals surface area contributed by atoms with Crippen molar-refractivity contribution in [3.8, 4) is 11.9 Å². The molecule has 0 bridgehead atoms. The average molecular weight is 454 g/mol. The summed E-state index contributed by atoms with van der Waals surface area (Å²) in [6, 6.07) is 16.1. The molecule has 0 fully saturated rings. The maximum atomic E-state index is 9.11. The number of nitrogens with one attached hydrogen (secondary N) is 1. The Hall–Kier alpha value is -4.42. The van der Waals surface area contributed by atoms with Crippen LogP contribution >= 0.6 is 0 Å². The van der Waals surface area contributed by atoms with E-state index in [1.807, 2.05) is 38.1 Å². The molecule has 0 amide bonds. The van der Waals surface area contributed by atoms with E-state index in [1.54, 1.807) is 34.4 Å². The predicted molar refractivity (Wildman–Crippen MR) is 133 cm³/mol. The second kappa shape index (κ2) is 10.0. The van der Waals surface area contributed by atoms with Crippen LogP contribution < -0.4 is 16.9 Å². The molecule has 0 atom stereocenters. The van der Waals surface area contributed by atoms with Crippen molar-refractivity contribution in [2.75, 3.05) is 11.9 Å². The van der Waals surface area contributed by atoms with Crippen LogP contribution in [0.25, 0.3) is 22.5 Å². The second-order valence-corrected chi connectivity index (χ2v) is 8.25. The first-order chi connectivity index (χ1) is 16.4. The van der Waals surface area contributed by atoms with E-state index in [1.165, 1.54) is 11.8 Å². The van der Waals surface area contributed by atoms with Crippen molar-refractivity contribution in [2.45, 2.75) is 26.3 Å². The van der Waals surface area contributed by atoms with E-state index < -0.39 is 0 Å². The van der Waals surface area contributed by atoms with Gasteiger partial charge in [0.2, 0.25) is 0 Å². The molecular weight excluding hydrogens is 426 g/mol. The highest BCUT2D eigenvalue weighted by atomic mass is 15.4. The predicted octanol–water partition coefficient (Wildman–Crippen LogP) is 3.18. The lowest BCUT2D eigenvalue weighted by Gasteiger charge is -2.19. The number of benzene rings is 1. The second-order valence-electron chi connectivity index (χ2n) is 8.25. The van der Waals surface area contributed by atoms with E-state index in [2.05, 4.69) is 38.6 Å². The summed E-state index contributed by atoms with van der Waals surface area (Å²) < 4.78 is 1.64. The normalized spacial score (nSPS) is 11.6. The molecule has 34 heavy (non-hydrogen) atoms. The minimum absolute atomic E-state index is 0.166. The summed E-state index contributed by atoms with van der Waals surface area (Å²) >= 11 is 0. The molecule has 5 N–H and O–H groups in total. The van der Waals surface area contributed by atoms with Crippen molar-refractivity contribution < 1.29 is 0 Å². The molecule has 0 aliphatic rings. The van der Waals surface area contributed by atoms with Gasteiger partial charge in [-0.25, -0.2) is 15.8 Å². The van der Waals surface area contributed by atoms with E-state index >= 15 is 0 Å². The number of nitrogens with two attached hydrogens (primary N) is 2. The molecule has 0 spiro atoms. The van der Waals surface area contributed by atoms with Crippen molar-refractivity contribution in [1.82, 2.24) is 24.8 Å². The van der Waals surface area contributed by atoms with Gasteiger partial charge in [-0.15, -0.1) is 0 Å². The minimum Gasteiger partial charge on any atom is -0.397 e. The Balaban J connectivity index is 1.62. The van der Waals surface area contributed by atoms with Gasteiger partial charge in [-0.05, 0) is 31.9 Å². The van der Waals surface area contributed by atoms with E-state index in [4.69, 9.17) is 16.8 Å². The number of aromatic nitrogens is 4. The summed E-state index contributed by atoms with van der Waals surface area (Å²) in [6.45, 7) is 4.72. The molecular formula is C25H27N9. The Morgan fingerprint density at radius 2 is 1.97 bits per heavy atom. The van der Waals surface area contributed by atoms with Gasteiger partial charge in [0.1, 0.15) is 6.07 Å². The van der Waals surface area contributed by atoms with Gasteiger partial charge < -0.3 is 16.1 Å². The number of nitrogens with zero attached hydrogens (tertiary/aromatic N) is 6. The van der Waals surface area contributed by atoms with Crippen LogP contribution in [0.1, 0.15) is 30.5 Å². The number of pyridine rings is 2. The molecule has 0 saturated carbocycles. The lowest BCUT2D eigenvalue weighted by molar-refractivity contribution is 0.399. The highest BCUT2D eigenvalue weighted by molar-refractivity contribution is 5.79. The molecule has 3 heterocycles. The molecule has 0 radical (unpaired) electrons. The van der Waals surface area contributed by atoms with Crippen LogP contribution in [0.2, 0.25) is 0 Å². The third-order valence-electron chi connectivity index (χ3n) is 5.21. The maximum absolute atomic E-state index is 9.11. The summed E-state index contributed by atoms with van der Waals surface area (Å²) in [7, 11) is 0. The zero-order chi connectivity index (χ0) is 24.1. The molecule has 4 rings (SSSR count). The summed E-state index contributed by atoms with van der Waals surface area (Å²) in [4.78, 5) is 8.96. The van der Waals surface area contributed by atoms with Crippen LogP contribution in [0, 0.1) is 11.3 Å². The number of anilines is 1. The number of hydrogen-bond donors (Lipinski definition) is 3. The van der Waals surface area contributed by atoms with Gasteiger partial charge in [0, 0.05) is 53.9 Å². The Bertz CT molecular complexity index is 1350. The molecule has 172 valence electrons. The standard InChI is InChI=1S/C25H27N9/c1-17(2)32-23-11-24(34-25-20(14-31-34)10-19(12-26)13-30-25)29-15-21(23)22(27)16-33(28)9-8-18-6-4-3-5-7-18/h3-7,10-11,13-17H,8-9,27-28H2,1-2H3,(H,29,32)/b22-16-. The smallest absolute Gasteiger partial charge is 0.164 e.